The zero-order chi connectivity index (χ0) is 18.7. The first kappa shape index (κ1) is 17.6. The number of hydrogen-bond acceptors (Lipinski definition) is 3. The Morgan fingerprint density at radius 1 is 1.19 bits per heavy atom. The molecular formula is C22H29NO3. The number of benzene rings is 1. The summed E-state index contributed by atoms with van der Waals surface area (Å²) in [6, 6.07) is 5.50. The second kappa shape index (κ2) is 5.85. The molecule has 1 aromatic heterocycles. The van der Waals surface area contributed by atoms with Gasteiger partial charge in [-0.25, -0.2) is 0 Å². The van der Waals surface area contributed by atoms with Crippen molar-refractivity contribution in [2.24, 2.45) is 22.7 Å². The van der Waals surface area contributed by atoms with Gasteiger partial charge < -0.3 is 14.4 Å². The van der Waals surface area contributed by atoms with Gasteiger partial charge in [0.1, 0.15) is 5.75 Å². The number of fused-ring (bicyclic) bond motifs is 1. The SMILES string of the molecule is CC1(C)C(C(=O)c2cn(CC3CCOCC3)c3c(O)cccc23)C1(C)C. The zero-order valence-electron chi connectivity index (χ0n) is 16.2. The van der Waals surface area contributed by atoms with Crippen molar-refractivity contribution in [1.29, 1.82) is 0 Å². The molecule has 0 atom stereocenters. The molecule has 26 heavy (non-hydrogen) atoms. The highest BCUT2D eigenvalue weighted by molar-refractivity contribution is 6.11. The smallest absolute Gasteiger partial charge is 0.169 e. The van der Waals surface area contributed by atoms with Gasteiger partial charge in [-0.05, 0) is 35.7 Å². The summed E-state index contributed by atoms with van der Waals surface area (Å²) < 4.78 is 7.56. The van der Waals surface area contributed by atoms with Gasteiger partial charge in [0.25, 0.3) is 0 Å². The van der Waals surface area contributed by atoms with Crippen molar-refractivity contribution < 1.29 is 14.6 Å². The van der Waals surface area contributed by atoms with E-state index in [1.165, 1.54) is 0 Å². The van der Waals surface area contributed by atoms with E-state index < -0.39 is 0 Å². The van der Waals surface area contributed by atoms with E-state index in [1.807, 2.05) is 18.3 Å². The van der Waals surface area contributed by atoms with E-state index >= 15 is 0 Å². The lowest BCUT2D eigenvalue weighted by Crippen LogP contribution is -2.20. The van der Waals surface area contributed by atoms with Gasteiger partial charge in [-0.3, -0.25) is 4.79 Å². The van der Waals surface area contributed by atoms with Crippen molar-refractivity contribution in [1.82, 2.24) is 4.57 Å². The van der Waals surface area contributed by atoms with Gasteiger partial charge >= 0.3 is 0 Å². The minimum atomic E-state index is 0.00996. The predicted octanol–water partition coefficient (Wildman–Crippen LogP) is 4.64. The molecule has 4 heteroatoms. The van der Waals surface area contributed by atoms with Gasteiger partial charge in [0, 0.05) is 42.8 Å². The van der Waals surface area contributed by atoms with Crippen LogP contribution in [0.15, 0.2) is 24.4 Å². The Labute approximate surface area is 155 Å². The van der Waals surface area contributed by atoms with Crippen molar-refractivity contribution in [2.45, 2.75) is 47.1 Å². The average molecular weight is 355 g/mol. The lowest BCUT2D eigenvalue weighted by Gasteiger charge is -2.22. The highest BCUT2D eigenvalue weighted by atomic mass is 16.5. The van der Waals surface area contributed by atoms with Gasteiger partial charge in [0.05, 0.1) is 5.52 Å². The van der Waals surface area contributed by atoms with Crippen LogP contribution in [-0.4, -0.2) is 28.7 Å². The highest BCUT2D eigenvalue weighted by Gasteiger charge is 2.68. The molecule has 4 nitrogen and oxygen atoms in total. The summed E-state index contributed by atoms with van der Waals surface area (Å²) >= 11 is 0. The molecule has 1 saturated heterocycles. The number of ether oxygens (including phenoxy) is 1. The van der Waals surface area contributed by atoms with Gasteiger partial charge in [0.2, 0.25) is 0 Å². The standard InChI is InChI=1S/C22H29NO3/c1-21(2)20(22(21,3)4)19(25)16-13-23(12-14-8-10-26-11-9-14)18-15(16)6-5-7-17(18)24/h5-7,13-14,20,24H,8-12H2,1-4H3. The molecule has 1 aromatic carbocycles. The maximum atomic E-state index is 13.4. The number of phenols is 1. The molecule has 1 N–H and O–H groups in total. The molecular weight excluding hydrogens is 326 g/mol. The Bertz CT molecular complexity index is 842. The van der Waals surface area contributed by atoms with E-state index in [-0.39, 0.29) is 28.3 Å². The van der Waals surface area contributed by atoms with E-state index in [2.05, 4.69) is 32.3 Å². The number of carbonyl (C=O) groups is 1. The van der Waals surface area contributed by atoms with Crippen LogP contribution in [0.3, 0.4) is 0 Å². The van der Waals surface area contributed by atoms with E-state index in [1.54, 1.807) is 6.07 Å². The first-order valence-corrected chi connectivity index (χ1v) is 9.68. The topological polar surface area (TPSA) is 51.5 Å². The normalized spacial score (nSPS) is 22.6. The fourth-order valence-corrected chi connectivity index (χ4v) is 4.90. The minimum Gasteiger partial charge on any atom is -0.506 e. The summed E-state index contributed by atoms with van der Waals surface area (Å²) in [5, 5.41) is 11.4. The second-order valence-corrected chi connectivity index (χ2v) is 9.16. The average Bonchev–Trinajstić information content (AvgIpc) is 2.87. The maximum Gasteiger partial charge on any atom is 0.169 e. The molecule has 2 fully saturated rings. The molecule has 1 aliphatic heterocycles. The molecule has 4 rings (SSSR count). The van der Waals surface area contributed by atoms with Gasteiger partial charge in [-0.2, -0.15) is 0 Å². The molecule has 0 bridgehead atoms. The zero-order valence-corrected chi connectivity index (χ0v) is 16.2. The number of carbonyl (C=O) groups excluding carboxylic acids is 1. The van der Waals surface area contributed by atoms with Crippen LogP contribution in [0.1, 0.15) is 50.9 Å². The van der Waals surface area contributed by atoms with Crippen molar-refractivity contribution in [3.8, 4) is 5.75 Å². The van der Waals surface area contributed by atoms with Crippen molar-refractivity contribution >= 4 is 16.7 Å². The van der Waals surface area contributed by atoms with Crippen LogP contribution in [0, 0.1) is 22.7 Å². The Hall–Kier alpha value is -1.81. The molecule has 2 aliphatic rings. The number of aromatic hydroxyl groups is 1. The quantitative estimate of drug-likeness (QED) is 0.813. The third-order valence-electron chi connectivity index (χ3n) is 7.22. The molecule has 1 saturated carbocycles. The largest absolute Gasteiger partial charge is 0.506 e. The number of phenolic OH excluding ortho intramolecular Hbond substituents is 1. The van der Waals surface area contributed by atoms with Crippen molar-refractivity contribution in [2.75, 3.05) is 13.2 Å². The predicted molar refractivity (Wildman–Crippen MR) is 103 cm³/mol. The molecule has 0 amide bonds. The van der Waals surface area contributed by atoms with Crippen LogP contribution in [0.2, 0.25) is 0 Å². The van der Waals surface area contributed by atoms with Gasteiger partial charge in [-0.15, -0.1) is 0 Å². The number of ketones is 1. The van der Waals surface area contributed by atoms with E-state index in [9.17, 15) is 9.90 Å². The first-order chi connectivity index (χ1) is 12.2. The number of aromatic nitrogens is 1. The summed E-state index contributed by atoms with van der Waals surface area (Å²) in [5.41, 5.74) is 1.57. The van der Waals surface area contributed by atoms with Crippen LogP contribution in [-0.2, 0) is 11.3 Å². The van der Waals surface area contributed by atoms with E-state index in [4.69, 9.17) is 4.74 Å². The second-order valence-electron chi connectivity index (χ2n) is 9.16. The lowest BCUT2D eigenvalue weighted by atomic mass is 10.0. The first-order valence-electron chi connectivity index (χ1n) is 9.68. The fraction of sp³-hybridized carbons (Fsp3) is 0.591. The molecule has 0 spiro atoms. The van der Waals surface area contributed by atoms with E-state index in [0.29, 0.717) is 5.92 Å². The molecule has 140 valence electrons. The molecule has 0 unspecified atom stereocenters. The molecule has 0 radical (unpaired) electrons. The van der Waals surface area contributed by atoms with Crippen molar-refractivity contribution in [3.63, 3.8) is 0 Å². The Morgan fingerprint density at radius 3 is 2.46 bits per heavy atom. The third kappa shape index (κ3) is 2.50. The number of rotatable bonds is 4. The van der Waals surface area contributed by atoms with Crippen LogP contribution >= 0.6 is 0 Å². The van der Waals surface area contributed by atoms with E-state index in [0.717, 1.165) is 49.1 Å². The van der Waals surface area contributed by atoms with Gasteiger partial charge in [0.15, 0.2) is 5.78 Å². The minimum absolute atomic E-state index is 0.00996. The van der Waals surface area contributed by atoms with Crippen LogP contribution in [0.25, 0.3) is 10.9 Å². The fourth-order valence-electron chi connectivity index (χ4n) is 4.90. The summed E-state index contributed by atoms with van der Waals surface area (Å²) in [6.45, 7) is 11.1. The Balaban J connectivity index is 1.74. The lowest BCUT2D eigenvalue weighted by molar-refractivity contribution is 0.0616. The number of para-hydroxylation sites is 1. The Kier molecular flexibility index (Phi) is 3.96. The van der Waals surface area contributed by atoms with Crippen LogP contribution < -0.4 is 0 Å². The van der Waals surface area contributed by atoms with Gasteiger partial charge in [-0.1, -0.05) is 39.8 Å². The highest BCUT2D eigenvalue weighted by Crippen LogP contribution is 2.69. The third-order valence-corrected chi connectivity index (χ3v) is 7.22. The van der Waals surface area contributed by atoms with Crippen molar-refractivity contribution in [3.05, 3.63) is 30.0 Å². The number of hydrogen-bond donors (Lipinski definition) is 1. The molecule has 2 aromatic rings. The number of nitrogens with zero attached hydrogens (tertiary/aromatic N) is 1. The van der Waals surface area contributed by atoms with Crippen LogP contribution in [0.5, 0.6) is 5.75 Å². The summed E-state index contributed by atoms with van der Waals surface area (Å²) in [5.74, 6) is 1.01. The molecule has 2 heterocycles. The molecule has 1 aliphatic carbocycles. The summed E-state index contributed by atoms with van der Waals surface area (Å²) in [6.07, 6.45) is 4.03. The Morgan fingerprint density at radius 2 is 1.85 bits per heavy atom. The maximum absolute atomic E-state index is 13.4. The number of Topliss-reactive ketones (excluding diaryl/α,β-unsaturated/α-hetero) is 1. The van der Waals surface area contributed by atoms with Crippen LogP contribution in [0.4, 0.5) is 0 Å². The summed E-state index contributed by atoms with van der Waals surface area (Å²) in [4.78, 5) is 13.4. The summed E-state index contributed by atoms with van der Waals surface area (Å²) in [7, 11) is 0. The monoisotopic (exact) mass is 355 g/mol.